The first kappa shape index (κ1) is 10.5. The zero-order chi connectivity index (χ0) is 4.99. The molecular formula is C5H12LiN. The Kier molecular flexibility index (Phi) is 9.86. The molecule has 0 aliphatic rings. The molecule has 0 unspecified atom stereocenters. The summed E-state index contributed by atoms with van der Waals surface area (Å²) in [6.45, 7) is 4.85. The van der Waals surface area contributed by atoms with Crippen molar-refractivity contribution >= 4 is 0 Å². The molecule has 0 amide bonds. The van der Waals surface area contributed by atoms with Gasteiger partial charge in [0.25, 0.3) is 0 Å². The summed E-state index contributed by atoms with van der Waals surface area (Å²) >= 11 is 0. The van der Waals surface area contributed by atoms with E-state index >= 15 is 0 Å². The molecule has 0 aromatic carbocycles. The van der Waals surface area contributed by atoms with Crippen molar-refractivity contribution in [1.82, 2.24) is 0 Å². The van der Waals surface area contributed by atoms with E-state index < -0.39 is 0 Å². The van der Waals surface area contributed by atoms with Crippen LogP contribution in [0.2, 0.25) is 0 Å². The molecule has 0 radical (unpaired) electrons. The van der Waals surface area contributed by atoms with Gasteiger partial charge in [0.1, 0.15) is 0 Å². The Balaban J connectivity index is 0. The molecule has 0 aromatic heterocycles. The molecule has 1 N–H and O–H groups in total. The Morgan fingerprint density at radius 1 is 1.43 bits per heavy atom. The van der Waals surface area contributed by atoms with Gasteiger partial charge in [0.2, 0.25) is 0 Å². The normalized spacial score (nSPS) is 8.57. The van der Waals surface area contributed by atoms with Gasteiger partial charge < -0.3 is 5.73 Å². The van der Waals surface area contributed by atoms with E-state index in [1.807, 2.05) is 0 Å². The van der Waals surface area contributed by atoms with Gasteiger partial charge in [-0.25, -0.2) is 0 Å². The molecule has 2 heteroatoms. The fourth-order valence-electron chi connectivity index (χ4n) is 0.289. The van der Waals surface area contributed by atoms with Gasteiger partial charge in [0, 0.05) is 0 Å². The second-order valence-corrected chi connectivity index (χ2v) is 1.93. The fourth-order valence-corrected chi connectivity index (χ4v) is 0.289. The SMILES string of the molecule is CC(C)CC[NH-].[Li+]. The van der Waals surface area contributed by atoms with Gasteiger partial charge in [-0.05, 0) is 5.92 Å². The van der Waals surface area contributed by atoms with Crippen molar-refractivity contribution in [2.45, 2.75) is 20.3 Å². The molecule has 0 rings (SSSR count). The van der Waals surface area contributed by atoms with E-state index in [0.717, 1.165) is 6.42 Å². The maximum Gasteiger partial charge on any atom is 1.00 e. The van der Waals surface area contributed by atoms with E-state index in [1.165, 1.54) is 0 Å². The Bertz CT molecular complexity index is 29.3. The topological polar surface area (TPSA) is 23.8 Å². The predicted molar refractivity (Wildman–Crippen MR) is 28.6 cm³/mol. The average Bonchev–Trinajstić information content (AvgIpc) is 1.35. The Labute approximate surface area is 57.8 Å². The van der Waals surface area contributed by atoms with Gasteiger partial charge in [0.05, 0.1) is 0 Å². The summed E-state index contributed by atoms with van der Waals surface area (Å²) in [5.74, 6) is 0.711. The van der Waals surface area contributed by atoms with E-state index in [4.69, 9.17) is 5.73 Å². The molecule has 0 bridgehead atoms. The summed E-state index contributed by atoms with van der Waals surface area (Å²) in [5, 5.41) is 0. The molecule has 0 atom stereocenters. The molecule has 0 aliphatic carbocycles. The average molecular weight is 93.1 g/mol. The van der Waals surface area contributed by atoms with Gasteiger partial charge in [-0.15, -0.1) is 0 Å². The van der Waals surface area contributed by atoms with Gasteiger partial charge in [-0.3, -0.25) is 0 Å². The van der Waals surface area contributed by atoms with Gasteiger partial charge in [0.15, 0.2) is 0 Å². The first-order chi connectivity index (χ1) is 2.77. The molecule has 0 heterocycles. The molecule has 0 fully saturated rings. The molecule has 0 saturated heterocycles. The number of hydrogen-bond acceptors (Lipinski definition) is 0. The van der Waals surface area contributed by atoms with Crippen LogP contribution in [-0.4, -0.2) is 6.54 Å². The quantitative estimate of drug-likeness (QED) is 0.395. The first-order valence-corrected chi connectivity index (χ1v) is 2.42. The van der Waals surface area contributed by atoms with Crippen LogP contribution in [0.15, 0.2) is 0 Å². The predicted octanol–water partition coefficient (Wildman–Crippen LogP) is -0.911. The van der Waals surface area contributed by atoms with Crippen molar-refractivity contribution < 1.29 is 18.9 Å². The smallest absolute Gasteiger partial charge is 0.677 e. The zero-order valence-electron chi connectivity index (χ0n) is 5.49. The third-order valence-electron chi connectivity index (χ3n) is 0.722. The summed E-state index contributed by atoms with van der Waals surface area (Å²) in [6, 6.07) is 0. The molecule has 1 nitrogen and oxygen atoms in total. The summed E-state index contributed by atoms with van der Waals surface area (Å²) < 4.78 is 0. The minimum atomic E-state index is 0. The van der Waals surface area contributed by atoms with Crippen LogP contribution in [0.3, 0.4) is 0 Å². The molecule has 7 heavy (non-hydrogen) atoms. The largest absolute Gasteiger partial charge is 1.00 e. The fraction of sp³-hybridized carbons (Fsp3) is 1.00. The van der Waals surface area contributed by atoms with Crippen LogP contribution in [0.25, 0.3) is 5.73 Å². The summed E-state index contributed by atoms with van der Waals surface area (Å²) in [5.41, 5.74) is 6.73. The standard InChI is InChI=1S/C5H12N.Li/c1-5(2)3-4-6;/h5-6H,3-4H2,1-2H3;/q-1;+1. The Morgan fingerprint density at radius 2 is 1.86 bits per heavy atom. The van der Waals surface area contributed by atoms with Crippen LogP contribution in [0, 0.1) is 5.92 Å². The van der Waals surface area contributed by atoms with Gasteiger partial charge in [-0.1, -0.05) is 20.3 Å². The number of hydrogen-bond donors (Lipinski definition) is 0. The molecule has 0 aliphatic heterocycles. The second-order valence-electron chi connectivity index (χ2n) is 1.93. The van der Waals surface area contributed by atoms with Gasteiger partial charge in [-0.2, -0.15) is 6.54 Å². The van der Waals surface area contributed by atoms with E-state index in [-0.39, 0.29) is 18.9 Å². The second kappa shape index (κ2) is 6.56. The van der Waals surface area contributed by atoms with Crippen LogP contribution >= 0.6 is 0 Å². The minimum Gasteiger partial charge on any atom is -0.677 e. The molecular weight excluding hydrogens is 81.0 g/mol. The maximum atomic E-state index is 6.73. The van der Waals surface area contributed by atoms with Crippen LogP contribution in [0.4, 0.5) is 0 Å². The van der Waals surface area contributed by atoms with Gasteiger partial charge >= 0.3 is 18.9 Å². The van der Waals surface area contributed by atoms with Crippen molar-refractivity contribution in [1.29, 1.82) is 0 Å². The molecule has 0 aromatic rings. The summed E-state index contributed by atoms with van der Waals surface area (Å²) in [6.07, 6.45) is 1.04. The van der Waals surface area contributed by atoms with E-state index in [2.05, 4.69) is 13.8 Å². The van der Waals surface area contributed by atoms with E-state index in [9.17, 15) is 0 Å². The maximum absolute atomic E-state index is 6.73. The van der Waals surface area contributed by atoms with Crippen LogP contribution in [-0.2, 0) is 0 Å². The van der Waals surface area contributed by atoms with E-state index in [0.29, 0.717) is 12.5 Å². The van der Waals surface area contributed by atoms with Crippen LogP contribution in [0.1, 0.15) is 20.3 Å². The Morgan fingerprint density at radius 3 is 1.86 bits per heavy atom. The first-order valence-electron chi connectivity index (χ1n) is 2.42. The third kappa shape index (κ3) is 10.8. The Hall–Kier alpha value is 0.557. The van der Waals surface area contributed by atoms with Crippen molar-refractivity contribution in [3.63, 3.8) is 0 Å². The molecule has 38 valence electrons. The molecule has 0 spiro atoms. The van der Waals surface area contributed by atoms with Crippen molar-refractivity contribution in [2.24, 2.45) is 5.92 Å². The zero-order valence-corrected chi connectivity index (χ0v) is 5.49. The van der Waals surface area contributed by atoms with Crippen molar-refractivity contribution in [3.05, 3.63) is 5.73 Å². The van der Waals surface area contributed by atoms with Crippen molar-refractivity contribution in [3.8, 4) is 0 Å². The van der Waals surface area contributed by atoms with Crippen LogP contribution in [0.5, 0.6) is 0 Å². The third-order valence-corrected chi connectivity index (χ3v) is 0.722. The van der Waals surface area contributed by atoms with E-state index in [1.54, 1.807) is 0 Å². The number of rotatable bonds is 2. The minimum absolute atomic E-state index is 0. The van der Waals surface area contributed by atoms with Crippen molar-refractivity contribution in [2.75, 3.05) is 6.54 Å². The summed E-state index contributed by atoms with van der Waals surface area (Å²) in [4.78, 5) is 0. The monoisotopic (exact) mass is 93.1 g/mol. The number of nitrogens with one attached hydrogen (secondary N) is 1. The summed E-state index contributed by atoms with van der Waals surface area (Å²) in [7, 11) is 0. The van der Waals surface area contributed by atoms with Crippen LogP contribution < -0.4 is 18.9 Å². The molecule has 0 saturated carbocycles.